The van der Waals surface area contributed by atoms with E-state index in [1.165, 1.54) is 103 Å². The molecule has 1 saturated heterocycles. The van der Waals surface area contributed by atoms with Gasteiger partial charge in [-0.05, 0) is 25.0 Å². The molecule has 1 aromatic heterocycles. The number of imide groups is 1. The lowest BCUT2D eigenvalue weighted by atomic mass is 9.82. The number of nitrogens with zero attached hydrogens (tertiary/aromatic N) is 2. The minimum Gasteiger partial charge on any atom is -0.448 e. The predicted octanol–water partition coefficient (Wildman–Crippen LogP) is 8.63. The smallest absolute Gasteiger partial charge is 0.416 e. The highest BCUT2D eigenvalue weighted by atomic mass is 16.6. The van der Waals surface area contributed by atoms with Gasteiger partial charge in [-0.1, -0.05) is 116 Å². The summed E-state index contributed by atoms with van der Waals surface area (Å²) in [5.74, 6) is -0.338. The highest BCUT2D eigenvalue weighted by Crippen LogP contribution is 2.35. The average molecular weight is 531 g/mol. The maximum Gasteiger partial charge on any atom is 0.416 e. The van der Waals surface area contributed by atoms with Crippen LogP contribution in [0.1, 0.15) is 135 Å². The lowest BCUT2D eigenvalue weighted by molar-refractivity contribution is -0.128. The number of aromatic nitrogens is 1. The molecule has 1 aromatic rings. The summed E-state index contributed by atoms with van der Waals surface area (Å²) in [4.78, 5) is 30.1. The van der Waals surface area contributed by atoms with E-state index < -0.39 is 6.09 Å². The average Bonchev–Trinajstić information content (AvgIpc) is 3.39. The number of ether oxygens (including phenoxy) is 2. The summed E-state index contributed by atoms with van der Waals surface area (Å²) >= 11 is 0. The van der Waals surface area contributed by atoms with Crippen molar-refractivity contribution in [2.45, 2.75) is 136 Å². The van der Waals surface area contributed by atoms with Crippen molar-refractivity contribution >= 4 is 12.0 Å². The van der Waals surface area contributed by atoms with Crippen molar-refractivity contribution in [3.63, 3.8) is 0 Å². The molecule has 216 valence electrons. The number of pyridine rings is 1. The van der Waals surface area contributed by atoms with Gasteiger partial charge in [0, 0.05) is 25.1 Å². The molecule has 0 N–H and O–H groups in total. The van der Waals surface area contributed by atoms with Gasteiger partial charge in [-0.3, -0.25) is 9.78 Å². The molecule has 1 aliphatic rings. The van der Waals surface area contributed by atoms with E-state index >= 15 is 0 Å². The minimum atomic E-state index is -0.596. The predicted molar refractivity (Wildman–Crippen MR) is 154 cm³/mol. The minimum absolute atomic E-state index is 0.123. The van der Waals surface area contributed by atoms with Crippen molar-refractivity contribution in [3.05, 3.63) is 30.1 Å². The fourth-order valence-corrected chi connectivity index (χ4v) is 5.33. The second-order valence-corrected chi connectivity index (χ2v) is 11.3. The van der Waals surface area contributed by atoms with Gasteiger partial charge < -0.3 is 9.47 Å². The maximum absolute atomic E-state index is 12.7. The highest BCUT2D eigenvalue weighted by Gasteiger charge is 2.36. The maximum atomic E-state index is 12.7. The number of carbonyl (C=O) groups is 2. The molecule has 2 amide bonds. The first-order valence-corrected chi connectivity index (χ1v) is 15.5. The molecule has 6 heteroatoms. The number of carbonyl (C=O) groups excluding carboxylic acids is 2. The lowest BCUT2D eigenvalue weighted by Crippen LogP contribution is -2.38. The third-order valence-corrected chi connectivity index (χ3v) is 7.89. The first-order chi connectivity index (χ1) is 18.6. The van der Waals surface area contributed by atoms with Crippen molar-refractivity contribution in [2.75, 3.05) is 19.8 Å². The molecular weight excluding hydrogens is 476 g/mol. The summed E-state index contributed by atoms with van der Waals surface area (Å²) in [5.41, 5.74) is 0.533. The molecule has 6 nitrogen and oxygen atoms in total. The fraction of sp³-hybridized carbons (Fsp3) is 0.781. The van der Waals surface area contributed by atoms with Crippen LogP contribution in [0.4, 0.5) is 4.79 Å². The van der Waals surface area contributed by atoms with Crippen LogP contribution in [0.3, 0.4) is 0 Å². The van der Waals surface area contributed by atoms with Crippen LogP contribution in [-0.2, 0) is 20.8 Å². The van der Waals surface area contributed by atoms with E-state index in [2.05, 4.69) is 11.9 Å². The zero-order chi connectivity index (χ0) is 27.3. The Morgan fingerprint density at radius 1 is 0.895 bits per heavy atom. The van der Waals surface area contributed by atoms with E-state index in [0.29, 0.717) is 25.5 Å². The molecular formula is C32H54N2O4. The van der Waals surface area contributed by atoms with Gasteiger partial charge in [0.05, 0.1) is 18.8 Å². The topological polar surface area (TPSA) is 68.7 Å². The van der Waals surface area contributed by atoms with Gasteiger partial charge in [0.1, 0.15) is 6.61 Å². The van der Waals surface area contributed by atoms with Gasteiger partial charge in [0.15, 0.2) is 0 Å². The number of hydrogen-bond acceptors (Lipinski definition) is 5. The van der Waals surface area contributed by atoms with E-state index in [-0.39, 0.29) is 17.9 Å². The molecule has 38 heavy (non-hydrogen) atoms. The molecule has 1 atom stereocenters. The quantitative estimate of drug-likeness (QED) is 0.149. The van der Waals surface area contributed by atoms with Gasteiger partial charge in [0.25, 0.3) is 0 Å². The Morgan fingerprint density at radius 2 is 1.47 bits per heavy atom. The summed E-state index contributed by atoms with van der Waals surface area (Å²) in [5, 5.41) is 0. The molecule has 1 unspecified atom stereocenters. The Balaban J connectivity index is 1.53. The molecule has 2 rings (SSSR count). The Morgan fingerprint density at radius 3 is 1.95 bits per heavy atom. The third-order valence-electron chi connectivity index (χ3n) is 7.89. The summed E-state index contributed by atoms with van der Waals surface area (Å²) in [7, 11) is 0. The Hall–Kier alpha value is -1.95. The molecule has 0 aliphatic carbocycles. The first kappa shape index (κ1) is 32.3. The van der Waals surface area contributed by atoms with Gasteiger partial charge in [0.2, 0.25) is 5.91 Å². The number of rotatable bonds is 21. The number of amides is 2. The molecule has 1 aliphatic heterocycles. The normalized spacial score (nSPS) is 17.0. The van der Waals surface area contributed by atoms with E-state index in [4.69, 9.17) is 9.47 Å². The number of hydrogen-bond donors (Lipinski definition) is 0. The lowest BCUT2D eigenvalue weighted by Gasteiger charge is -2.28. The van der Waals surface area contributed by atoms with Crippen LogP contribution < -0.4 is 0 Å². The van der Waals surface area contributed by atoms with Crippen molar-refractivity contribution in [2.24, 2.45) is 5.41 Å². The Labute approximate surface area is 232 Å². The second kappa shape index (κ2) is 20.0. The SMILES string of the molecule is CCCCCCCCCCCCCCCCCCC1(COC(=O)N(Cc2ccccn2)C(C)=O)CCOC1. The Bertz CT molecular complexity index is 749. The largest absolute Gasteiger partial charge is 0.448 e. The summed E-state index contributed by atoms with van der Waals surface area (Å²) in [6.45, 7) is 5.42. The van der Waals surface area contributed by atoms with Gasteiger partial charge in [-0.25, -0.2) is 9.69 Å². The molecule has 2 heterocycles. The van der Waals surface area contributed by atoms with E-state index in [1.54, 1.807) is 12.3 Å². The van der Waals surface area contributed by atoms with Crippen LogP contribution in [0.25, 0.3) is 0 Å². The van der Waals surface area contributed by atoms with Gasteiger partial charge >= 0.3 is 6.09 Å². The van der Waals surface area contributed by atoms with E-state index in [9.17, 15) is 9.59 Å². The van der Waals surface area contributed by atoms with Crippen LogP contribution >= 0.6 is 0 Å². The van der Waals surface area contributed by atoms with Crippen molar-refractivity contribution in [3.8, 4) is 0 Å². The third kappa shape index (κ3) is 13.7. The molecule has 0 radical (unpaired) electrons. The fourth-order valence-electron chi connectivity index (χ4n) is 5.33. The van der Waals surface area contributed by atoms with Crippen LogP contribution in [-0.4, -0.2) is 41.7 Å². The van der Waals surface area contributed by atoms with Crippen LogP contribution in [0.15, 0.2) is 24.4 Å². The first-order valence-electron chi connectivity index (χ1n) is 15.5. The van der Waals surface area contributed by atoms with Crippen molar-refractivity contribution in [1.29, 1.82) is 0 Å². The highest BCUT2D eigenvalue weighted by molar-refractivity contribution is 5.90. The van der Waals surface area contributed by atoms with Gasteiger partial charge in [-0.2, -0.15) is 0 Å². The van der Waals surface area contributed by atoms with Gasteiger partial charge in [-0.15, -0.1) is 0 Å². The molecule has 0 saturated carbocycles. The van der Waals surface area contributed by atoms with E-state index in [0.717, 1.165) is 24.2 Å². The Kier molecular flexibility index (Phi) is 17.0. The standard InChI is InChI=1S/C32H54N2O4/c1-3-4-5-6-7-8-9-10-11-12-13-14-15-16-17-19-22-32(23-25-37-27-32)28-38-31(36)34(29(2)35)26-30-21-18-20-24-33-30/h18,20-21,24H,3-17,19,22-23,25-28H2,1-2H3. The summed E-state index contributed by atoms with van der Waals surface area (Å²) < 4.78 is 11.4. The van der Waals surface area contributed by atoms with Crippen LogP contribution in [0, 0.1) is 5.41 Å². The van der Waals surface area contributed by atoms with E-state index in [1.807, 2.05) is 12.1 Å². The second-order valence-electron chi connectivity index (χ2n) is 11.3. The monoisotopic (exact) mass is 530 g/mol. The van der Waals surface area contributed by atoms with Crippen molar-refractivity contribution < 1.29 is 19.1 Å². The van der Waals surface area contributed by atoms with Crippen LogP contribution in [0.2, 0.25) is 0 Å². The zero-order valence-corrected chi connectivity index (χ0v) is 24.4. The number of unbranched alkanes of at least 4 members (excludes halogenated alkanes) is 15. The van der Waals surface area contributed by atoms with Crippen LogP contribution in [0.5, 0.6) is 0 Å². The zero-order valence-electron chi connectivity index (χ0n) is 24.4. The summed E-state index contributed by atoms with van der Waals surface area (Å²) in [6.07, 6.45) is 24.7. The summed E-state index contributed by atoms with van der Waals surface area (Å²) in [6, 6.07) is 5.45. The molecule has 1 fully saturated rings. The molecule has 0 aromatic carbocycles. The molecule has 0 spiro atoms. The van der Waals surface area contributed by atoms with Crippen molar-refractivity contribution in [1.82, 2.24) is 9.88 Å². The molecule has 0 bridgehead atoms.